The molecule has 0 atom stereocenters. The third kappa shape index (κ3) is 5.03. The minimum atomic E-state index is -0.163. The first-order valence-electron chi connectivity index (χ1n) is 2.98. The van der Waals surface area contributed by atoms with E-state index in [4.69, 9.17) is 0 Å². The molecule has 0 unspecified atom stereocenters. The molecule has 0 fully saturated rings. The molecule has 3 heteroatoms. The molecule has 0 aliphatic rings. The lowest BCUT2D eigenvalue weighted by atomic mass is 10.3. The van der Waals surface area contributed by atoms with Crippen molar-refractivity contribution in [1.29, 1.82) is 0 Å². The number of hydrogen-bond donors (Lipinski definition) is 0. The summed E-state index contributed by atoms with van der Waals surface area (Å²) in [5.41, 5.74) is 0. The van der Waals surface area contributed by atoms with Crippen molar-refractivity contribution in [2.24, 2.45) is 0 Å². The van der Waals surface area contributed by atoms with Crippen molar-refractivity contribution in [1.82, 2.24) is 4.90 Å². The minimum absolute atomic E-state index is 0.0235. The third-order valence-corrected chi connectivity index (χ3v) is 0.843. The fourth-order valence-corrected chi connectivity index (χ4v) is 0.382. The van der Waals surface area contributed by atoms with E-state index in [0.29, 0.717) is 6.29 Å². The van der Waals surface area contributed by atoms with Crippen LogP contribution in [0.3, 0.4) is 0 Å². The standard InChI is InChI=1S/C7H11NO2/c1-8(2)5-3-7(10)4-6-9/h3,5-6H,4H2,1-2H3. The van der Waals surface area contributed by atoms with E-state index in [2.05, 4.69) is 0 Å². The maximum absolute atomic E-state index is 10.6. The molecule has 0 radical (unpaired) electrons. The molecule has 3 nitrogen and oxygen atoms in total. The topological polar surface area (TPSA) is 37.4 Å². The van der Waals surface area contributed by atoms with Crippen LogP contribution < -0.4 is 0 Å². The highest BCUT2D eigenvalue weighted by Gasteiger charge is 1.91. The first-order chi connectivity index (χ1) is 4.66. The van der Waals surface area contributed by atoms with Crippen LogP contribution in [-0.2, 0) is 9.59 Å². The van der Waals surface area contributed by atoms with Gasteiger partial charge < -0.3 is 9.69 Å². The average molecular weight is 141 g/mol. The van der Waals surface area contributed by atoms with E-state index < -0.39 is 0 Å². The zero-order valence-electron chi connectivity index (χ0n) is 6.20. The second-order valence-corrected chi connectivity index (χ2v) is 2.12. The van der Waals surface area contributed by atoms with Gasteiger partial charge in [-0.2, -0.15) is 0 Å². The van der Waals surface area contributed by atoms with E-state index in [9.17, 15) is 9.59 Å². The third-order valence-electron chi connectivity index (χ3n) is 0.843. The number of carbonyl (C=O) groups excluding carboxylic acids is 2. The molecular weight excluding hydrogens is 130 g/mol. The van der Waals surface area contributed by atoms with Crippen LogP contribution in [0.4, 0.5) is 0 Å². The Kier molecular flexibility index (Phi) is 4.20. The number of aldehydes is 1. The molecule has 0 aromatic rings. The van der Waals surface area contributed by atoms with Crippen LogP contribution in [0, 0.1) is 0 Å². The highest BCUT2D eigenvalue weighted by Crippen LogP contribution is 1.83. The molecular formula is C7H11NO2. The number of hydrogen-bond acceptors (Lipinski definition) is 3. The van der Waals surface area contributed by atoms with Crippen LogP contribution in [0.2, 0.25) is 0 Å². The predicted molar refractivity (Wildman–Crippen MR) is 38.5 cm³/mol. The summed E-state index contributed by atoms with van der Waals surface area (Å²) in [5.74, 6) is -0.163. The van der Waals surface area contributed by atoms with Crippen molar-refractivity contribution in [2.45, 2.75) is 6.42 Å². The molecule has 0 amide bonds. The highest BCUT2D eigenvalue weighted by atomic mass is 16.1. The van der Waals surface area contributed by atoms with Crippen molar-refractivity contribution < 1.29 is 9.59 Å². The number of carbonyl (C=O) groups is 2. The summed E-state index contributed by atoms with van der Waals surface area (Å²) in [6, 6.07) is 0. The Balaban J connectivity index is 3.66. The Morgan fingerprint density at radius 2 is 2.10 bits per heavy atom. The summed E-state index contributed by atoms with van der Waals surface area (Å²) in [5, 5.41) is 0. The molecule has 0 N–H and O–H groups in total. The molecule has 0 spiro atoms. The number of ketones is 1. The molecule has 10 heavy (non-hydrogen) atoms. The van der Waals surface area contributed by atoms with Crippen LogP contribution in [0.25, 0.3) is 0 Å². The molecule has 0 rings (SSSR count). The van der Waals surface area contributed by atoms with Gasteiger partial charge in [-0.3, -0.25) is 4.79 Å². The van der Waals surface area contributed by atoms with Gasteiger partial charge in [0.15, 0.2) is 5.78 Å². The largest absolute Gasteiger partial charge is 0.383 e. The highest BCUT2D eigenvalue weighted by molar-refractivity contribution is 5.97. The van der Waals surface area contributed by atoms with Crippen LogP contribution in [0.5, 0.6) is 0 Å². The molecule has 56 valence electrons. The van der Waals surface area contributed by atoms with E-state index in [-0.39, 0.29) is 12.2 Å². The monoisotopic (exact) mass is 141 g/mol. The van der Waals surface area contributed by atoms with Gasteiger partial charge in [-0.1, -0.05) is 0 Å². The molecule has 0 aromatic heterocycles. The smallest absolute Gasteiger partial charge is 0.164 e. The van der Waals surface area contributed by atoms with E-state index in [1.165, 1.54) is 6.08 Å². The molecule has 0 saturated heterocycles. The van der Waals surface area contributed by atoms with Crippen LogP contribution in [0.15, 0.2) is 12.3 Å². The lowest BCUT2D eigenvalue weighted by molar-refractivity contribution is -0.118. The Bertz CT molecular complexity index is 150. The Morgan fingerprint density at radius 3 is 2.50 bits per heavy atom. The lowest BCUT2D eigenvalue weighted by Crippen LogP contribution is -2.02. The van der Waals surface area contributed by atoms with Crippen LogP contribution >= 0.6 is 0 Å². The summed E-state index contributed by atoms with van der Waals surface area (Å²) < 4.78 is 0. The maximum atomic E-state index is 10.6. The lowest BCUT2D eigenvalue weighted by Gasteiger charge is -2.01. The van der Waals surface area contributed by atoms with E-state index in [1.54, 1.807) is 11.1 Å². The van der Waals surface area contributed by atoms with Gasteiger partial charge in [-0.05, 0) is 6.08 Å². The zero-order valence-corrected chi connectivity index (χ0v) is 6.20. The summed E-state index contributed by atoms with van der Waals surface area (Å²) in [7, 11) is 3.62. The first kappa shape index (κ1) is 8.88. The maximum Gasteiger partial charge on any atom is 0.164 e. The van der Waals surface area contributed by atoms with E-state index in [0.717, 1.165) is 0 Å². The Labute approximate surface area is 60.3 Å². The van der Waals surface area contributed by atoms with Gasteiger partial charge in [0, 0.05) is 20.3 Å². The molecule has 0 saturated carbocycles. The molecule has 0 aliphatic heterocycles. The van der Waals surface area contributed by atoms with Crippen molar-refractivity contribution in [3.63, 3.8) is 0 Å². The normalized spacial score (nSPS) is 9.80. The van der Waals surface area contributed by atoms with Gasteiger partial charge in [-0.15, -0.1) is 0 Å². The Morgan fingerprint density at radius 1 is 1.50 bits per heavy atom. The SMILES string of the molecule is CN(C)C=CC(=O)CC=O. The number of nitrogens with zero attached hydrogens (tertiary/aromatic N) is 1. The van der Waals surface area contributed by atoms with Crippen LogP contribution in [-0.4, -0.2) is 31.1 Å². The van der Waals surface area contributed by atoms with Gasteiger partial charge in [-0.25, -0.2) is 0 Å². The quantitative estimate of drug-likeness (QED) is 0.319. The van der Waals surface area contributed by atoms with E-state index in [1.807, 2.05) is 14.1 Å². The number of rotatable bonds is 4. The predicted octanol–water partition coefficient (Wildman–Crippen LogP) is 0.220. The summed E-state index contributed by atoms with van der Waals surface area (Å²) in [4.78, 5) is 22.1. The second kappa shape index (κ2) is 4.73. The molecule has 0 aliphatic carbocycles. The molecule has 0 aromatic carbocycles. The fourth-order valence-electron chi connectivity index (χ4n) is 0.382. The fraction of sp³-hybridized carbons (Fsp3) is 0.429. The molecule has 0 heterocycles. The van der Waals surface area contributed by atoms with Gasteiger partial charge in [0.25, 0.3) is 0 Å². The number of allylic oxidation sites excluding steroid dienone is 1. The summed E-state index contributed by atoms with van der Waals surface area (Å²) in [6.07, 6.45) is 3.58. The van der Waals surface area contributed by atoms with Crippen molar-refractivity contribution in [2.75, 3.05) is 14.1 Å². The van der Waals surface area contributed by atoms with E-state index >= 15 is 0 Å². The van der Waals surface area contributed by atoms with Crippen LogP contribution in [0.1, 0.15) is 6.42 Å². The molecule has 0 bridgehead atoms. The van der Waals surface area contributed by atoms with Gasteiger partial charge in [0.2, 0.25) is 0 Å². The zero-order chi connectivity index (χ0) is 7.98. The summed E-state index contributed by atoms with van der Waals surface area (Å²) >= 11 is 0. The van der Waals surface area contributed by atoms with Gasteiger partial charge in [0.05, 0.1) is 6.42 Å². The van der Waals surface area contributed by atoms with Gasteiger partial charge >= 0.3 is 0 Å². The van der Waals surface area contributed by atoms with Crippen molar-refractivity contribution in [3.8, 4) is 0 Å². The second-order valence-electron chi connectivity index (χ2n) is 2.12. The Hall–Kier alpha value is -1.12. The summed E-state index contributed by atoms with van der Waals surface area (Å²) in [6.45, 7) is 0. The van der Waals surface area contributed by atoms with Gasteiger partial charge in [0.1, 0.15) is 6.29 Å². The van der Waals surface area contributed by atoms with Crippen molar-refractivity contribution >= 4 is 12.1 Å². The van der Waals surface area contributed by atoms with Crippen molar-refractivity contribution in [3.05, 3.63) is 12.3 Å². The first-order valence-corrected chi connectivity index (χ1v) is 2.98. The minimum Gasteiger partial charge on any atom is -0.383 e. The average Bonchev–Trinajstić information content (AvgIpc) is 1.85.